The number of nitrogens with zero attached hydrogens (tertiary/aromatic N) is 1. The maximum absolute atomic E-state index is 10.9. The third-order valence-electron chi connectivity index (χ3n) is 2.29. The van der Waals surface area contributed by atoms with Crippen molar-refractivity contribution < 1.29 is 29.7 Å². The van der Waals surface area contributed by atoms with Crippen molar-refractivity contribution >= 4 is 18.0 Å². The van der Waals surface area contributed by atoms with Crippen LogP contribution in [0.5, 0.6) is 0 Å². The van der Waals surface area contributed by atoms with Crippen molar-refractivity contribution in [2.75, 3.05) is 19.6 Å². The summed E-state index contributed by atoms with van der Waals surface area (Å²) in [4.78, 5) is 33.0. The topological polar surface area (TPSA) is 127 Å². The van der Waals surface area contributed by atoms with Gasteiger partial charge in [-0.2, -0.15) is 0 Å². The molecule has 84 valence electrons. The molecule has 1 rings (SSSR count). The molecule has 1 fully saturated rings. The Morgan fingerprint density at radius 3 is 2.00 bits per heavy atom. The molecule has 8 heteroatoms. The van der Waals surface area contributed by atoms with Gasteiger partial charge in [-0.1, -0.05) is 0 Å². The lowest BCUT2D eigenvalue weighted by Crippen LogP contribution is -2.70. The Morgan fingerprint density at radius 1 is 1.13 bits per heavy atom. The molecule has 8 nitrogen and oxygen atoms in total. The standard InChI is InChI=1S/C7H10N2O6/c10-4(11)7(5(12)13)3-8-1-2-9(7)6(14)15/h8H,1-3H2,(H,10,11)(H,12,13)(H,14,15). The molecule has 1 amide bonds. The van der Waals surface area contributed by atoms with E-state index in [4.69, 9.17) is 15.3 Å². The quantitative estimate of drug-likeness (QED) is 0.414. The van der Waals surface area contributed by atoms with Crippen LogP contribution in [0.4, 0.5) is 4.79 Å². The molecule has 4 N–H and O–H groups in total. The van der Waals surface area contributed by atoms with Crippen molar-refractivity contribution in [2.45, 2.75) is 5.54 Å². The fourth-order valence-corrected chi connectivity index (χ4v) is 1.48. The zero-order valence-corrected chi connectivity index (χ0v) is 7.63. The summed E-state index contributed by atoms with van der Waals surface area (Å²) in [7, 11) is 0. The number of amides is 1. The number of carbonyl (C=O) groups is 3. The van der Waals surface area contributed by atoms with Crippen molar-refractivity contribution in [3.8, 4) is 0 Å². The van der Waals surface area contributed by atoms with E-state index >= 15 is 0 Å². The fraction of sp³-hybridized carbons (Fsp3) is 0.571. The van der Waals surface area contributed by atoms with Crippen LogP contribution in [-0.2, 0) is 9.59 Å². The first-order valence-electron chi connectivity index (χ1n) is 4.11. The summed E-state index contributed by atoms with van der Waals surface area (Å²) in [5, 5.41) is 29.0. The van der Waals surface area contributed by atoms with Crippen LogP contribution in [0.3, 0.4) is 0 Å². The molecule has 1 saturated heterocycles. The van der Waals surface area contributed by atoms with Crippen LogP contribution in [0.2, 0.25) is 0 Å². The average molecular weight is 218 g/mol. The highest BCUT2D eigenvalue weighted by Crippen LogP contribution is 2.19. The van der Waals surface area contributed by atoms with E-state index in [1.807, 2.05) is 0 Å². The molecule has 0 bridgehead atoms. The summed E-state index contributed by atoms with van der Waals surface area (Å²) in [6.07, 6.45) is -1.55. The molecule has 1 heterocycles. The highest BCUT2D eigenvalue weighted by atomic mass is 16.4. The fourth-order valence-electron chi connectivity index (χ4n) is 1.48. The molecule has 15 heavy (non-hydrogen) atoms. The number of hydrogen-bond acceptors (Lipinski definition) is 4. The van der Waals surface area contributed by atoms with E-state index < -0.39 is 30.1 Å². The first kappa shape index (κ1) is 11.2. The van der Waals surface area contributed by atoms with Crippen LogP contribution in [0.25, 0.3) is 0 Å². The second kappa shape index (κ2) is 3.73. The summed E-state index contributed by atoms with van der Waals surface area (Å²) >= 11 is 0. The summed E-state index contributed by atoms with van der Waals surface area (Å²) in [6, 6.07) is 0. The Bertz CT molecular complexity index is 301. The normalized spacial score (nSPS) is 19.6. The van der Waals surface area contributed by atoms with Gasteiger partial charge in [-0.3, -0.25) is 4.90 Å². The number of rotatable bonds is 2. The van der Waals surface area contributed by atoms with Crippen LogP contribution in [0, 0.1) is 0 Å². The van der Waals surface area contributed by atoms with Crippen molar-refractivity contribution in [3.05, 3.63) is 0 Å². The molecule has 0 aromatic heterocycles. The van der Waals surface area contributed by atoms with Crippen molar-refractivity contribution in [3.63, 3.8) is 0 Å². The molecule has 0 radical (unpaired) electrons. The minimum absolute atomic E-state index is 0.173. The summed E-state index contributed by atoms with van der Waals surface area (Å²) < 4.78 is 0. The van der Waals surface area contributed by atoms with Crippen LogP contribution in [-0.4, -0.2) is 63.4 Å². The van der Waals surface area contributed by atoms with E-state index in [9.17, 15) is 14.4 Å². The van der Waals surface area contributed by atoms with Gasteiger partial charge in [-0.15, -0.1) is 0 Å². The zero-order valence-electron chi connectivity index (χ0n) is 7.63. The van der Waals surface area contributed by atoms with E-state index in [0.29, 0.717) is 4.90 Å². The summed E-state index contributed by atoms with van der Waals surface area (Å²) in [5.41, 5.74) is -2.43. The van der Waals surface area contributed by atoms with Crippen LogP contribution < -0.4 is 5.32 Å². The Hall–Kier alpha value is -1.83. The predicted molar refractivity (Wildman–Crippen MR) is 45.6 cm³/mol. The molecule has 0 unspecified atom stereocenters. The Labute approximate surface area is 84.1 Å². The number of carboxylic acid groups (broad SMARTS) is 3. The van der Waals surface area contributed by atoms with E-state index in [1.165, 1.54) is 0 Å². The van der Waals surface area contributed by atoms with Gasteiger partial charge >= 0.3 is 18.0 Å². The summed E-state index contributed by atoms with van der Waals surface area (Å²) in [5.74, 6) is -3.38. The van der Waals surface area contributed by atoms with Gasteiger partial charge in [-0.05, 0) is 0 Å². The highest BCUT2D eigenvalue weighted by molar-refractivity contribution is 6.06. The van der Waals surface area contributed by atoms with E-state index in [2.05, 4.69) is 5.32 Å². The zero-order chi connectivity index (χ0) is 11.6. The molecule has 0 aromatic rings. The molecule has 0 atom stereocenters. The van der Waals surface area contributed by atoms with E-state index in [0.717, 1.165) is 0 Å². The minimum atomic E-state index is -2.43. The van der Waals surface area contributed by atoms with Crippen LogP contribution in [0.1, 0.15) is 0 Å². The van der Waals surface area contributed by atoms with Gasteiger partial charge < -0.3 is 20.6 Å². The highest BCUT2D eigenvalue weighted by Gasteiger charge is 2.55. The molecular weight excluding hydrogens is 208 g/mol. The van der Waals surface area contributed by atoms with E-state index in [-0.39, 0.29) is 13.1 Å². The van der Waals surface area contributed by atoms with Gasteiger partial charge in [0.25, 0.3) is 5.54 Å². The van der Waals surface area contributed by atoms with Gasteiger partial charge in [0.2, 0.25) is 0 Å². The number of nitrogens with one attached hydrogen (secondary N) is 1. The molecule has 0 aromatic carbocycles. The van der Waals surface area contributed by atoms with Crippen molar-refractivity contribution in [2.24, 2.45) is 0 Å². The molecule has 0 spiro atoms. The van der Waals surface area contributed by atoms with Gasteiger partial charge in [0.15, 0.2) is 0 Å². The molecule has 1 aliphatic heterocycles. The lowest BCUT2D eigenvalue weighted by Gasteiger charge is -2.38. The smallest absolute Gasteiger partial charge is 0.408 e. The average Bonchev–Trinajstić information content (AvgIpc) is 2.16. The monoisotopic (exact) mass is 218 g/mol. The molecular formula is C7H10N2O6. The summed E-state index contributed by atoms with van der Waals surface area (Å²) in [6.45, 7) is -0.382. The lowest BCUT2D eigenvalue weighted by atomic mass is 9.95. The second-order valence-corrected chi connectivity index (χ2v) is 3.08. The number of aliphatic carboxylic acids is 2. The number of piperazine rings is 1. The second-order valence-electron chi connectivity index (χ2n) is 3.08. The predicted octanol–water partition coefficient (Wildman–Crippen LogP) is -1.52. The third kappa shape index (κ3) is 1.59. The van der Waals surface area contributed by atoms with E-state index in [1.54, 1.807) is 0 Å². The van der Waals surface area contributed by atoms with Crippen molar-refractivity contribution in [1.82, 2.24) is 10.2 Å². The molecule has 1 aliphatic rings. The molecule has 0 aliphatic carbocycles. The van der Waals surface area contributed by atoms with Gasteiger partial charge in [-0.25, -0.2) is 14.4 Å². The Kier molecular flexibility index (Phi) is 2.80. The Morgan fingerprint density at radius 2 is 1.67 bits per heavy atom. The van der Waals surface area contributed by atoms with Gasteiger partial charge in [0.05, 0.1) is 0 Å². The largest absolute Gasteiger partial charge is 0.479 e. The van der Waals surface area contributed by atoms with Crippen molar-refractivity contribution in [1.29, 1.82) is 0 Å². The first-order valence-corrected chi connectivity index (χ1v) is 4.11. The third-order valence-corrected chi connectivity index (χ3v) is 2.29. The van der Waals surface area contributed by atoms with Crippen LogP contribution >= 0.6 is 0 Å². The Balaban J connectivity index is 3.16. The number of carboxylic acids is 2. The van der Waals surface area contributed by atoms with Gasteiger partial charge in [0.1, 0.15) is 0 Å². The van der Waals surface area contributed by atoms with Crippen LogP contribution in [0.15, 0.2) is 0 Å². The van der Waals surface area contributed by atoms with Gasteiger partial charge in [0, 0.05) is 19.6 Å². The SMILES string of the molecule is O=C(O)N1CCNCC1(C(=O)O)C(=O)O. The first-order chi connectivity index (χ1) is 6.93. The lowest BCUT2D eigenvalue weighted by molar-refractivity contribution is -0.167. The molecule has 0 saturated carbocycles. The maximum atomic E-state index is 10.9. The minimum Gasteiger partial charge on any atom is -0.479 e. The maximum Gasteiger partial charge on any atom is 0.408 e. The number of hydrogen-bond donors (Lipinski definition) is 4.